The highest BCUT2D eigenvalue weighted by Gasteiger charge is 2.14. The lowest BCUT2D eigenvalue weighted by Crippen LogP contribution is -2.26. The molecule has 3 heteroatoms. The molecule has 0 spiro atoms. The highest BCUT2D eigenvalue weighted by molar-refractivity contribution is 5.85. The normalized spacial score (nSPS) is 17.8. The molecule has 1 heterocycles. The second-order valence-corrected chi connectivity index (χ2v) is 5.35. The van der Waals surface area contributed by atoms with Crippen molar-refractivity contribution in [2.75, 3.05) is 6.54 Å². The first-order valence-corrected chi connectivity index (χ1v) is 7.42. The van der Waals surface area contributed by atoms with Gasteiger partial charge in [-0.2, -0.15) is 0 Å². The van der Waals surface area contributed by atoms with Gasteiger partial charge in [0.25, 0.3) is 0 Å². The minimum Gasteiger partial charge on any atom is -0.489 e. The summed E-state index contributed by atoms with van der Waals surface area (Å²) in [6.45, 7) is 1.75. The molecule has 1 N–H and O–H groups in total. The van der Waals surface area contributed by atoms with Crippen molar-refractivity contribution in [1.29, 1.82) is 0 Å². The largest absolute Gasteiger partial charge is 0.489 e. The molecule has 1 saturated heterocycles. The Hall–Kier alpha value is -1.51. The number of ether oxygens (including phenoxy) is 1. The maximum absolute atomic E-state index is 5.90. The molecule has 1 fully saturated rings. The van der Waals surface area contributed by atoms with E-state index in [1.165, 1.54) is 30.4 Å². The number of halogens is 1. The van der Waals surface area contributed by atoms with Crippen molar-refractivity contribution in [3.05, 3.63) is 65.7 Å². The van der Waals surface area contributed by atoms with Crippen LogP contribution in [0.2, 0.25) is 0 Å². The number of hydrogen-bond acceptors (Lipinski definition) is 2. The summed E-state index contributed by atoms with van der Waals surface area (Å²) in [7, 11) is 0. The van der Waals surface area contributed by atoms with Crippen molar-refractivity contribution in [3.63, 3.8) is 0 Å². The van der Waals surface area contributed by atoms with Crippen LogP contribution in [0.3, 0.4) is 0 Å². The third-order valence-corrected chi connectivity index (χ3v) is 3.82. The molecule has 2 nitrogen and oxygen atoms in total. The van der Waals surface area contributed by atoms with Crippen LogP contribution in [0.1, 0.15) is 36.4 Å². The fourth-order valence-corrected chi connectivity index (χ4v) is 2.70. The SMILES string of the molecule is Cl.c1ccc(COc2cccc([C@@H]3CCCCN3)c2)cc1. The Labute approximate surface area is 132 Å². The van der Waals surface area contributed by atoms with E-state index in [-0.39, 0.29) is 12.4 Å². The molecule has 0 aliphatic carbocycles. The Morgan fingerprint density at radius 1 is 1.00 bits per heavy atom. The maximum atomic E-state index is 5.90. The standard InChI is InChI=1S/C18H21NO.ClH/c1-2-7-15(8-3-1)14-20-17-10-6-9-16(13-17)18-11-4-5-12-19-18;/h1-3,6-10,13,18-19H,4-5,11-12,14H2;1H/t18-;/m0./s1. The van der Waals surface area contributed by atoms with Crippen LogP contribution in [0.4, 0.5) is 0 Å². The molecule has 3 rings (SSSR count). The minimum atomic E-state index is 0. The van der Waals surface area contributed by atoms with E-state index in [0.717, 1.165) is 12.3 Å². The molecule has 2 aromatic rings. The van der Waals surface area contributed by atoms with Crippen LogP contribution >= 0.6 is 12.4 Å². The monoisotopic (exact) mass is 303 g/mol. The molecule has 0 bridgehead atoms. The first-order chi connectivity index (χ1) is 9.92. The van der Waals surface area contributed by atoms with Gasteiger partial charge in [0.05, 0.1) is 0 Å². The summed E-state index contributed by atoms with van der Waals surface area (Å²) < 4.78 is 5.90. The summed E-state index contributed by atoms with van der Waals surface area (Å²) in [6, 6.07) is 19.3. The molecule has 0 amide bonds. The molecule has 0 saturated carbocycles. The molecule has 2 aromatic carbocycles. The summed E-state index contributed by atoms with van der Waals surface area (Å²) in [5, 5.41) is 3.58. The van der Waals surface area contributed by atoms with Crippen molar-refractivity contribution in [2.45, 2.75) is 31.9 Å². The smallest absolute Gasteiger partial charge is 0.120 e. The van der Waals surface area contributed by atoms with Crippen molar-refractivity contribution < 1.29 is 4.74 Å². The molecule has 21 heavy (non-hydrogen) atoms. The van der Waals surface area contributed by atoms with Gasteiger partial charge in [-0.15, -0.1) is 12.4 Å². The number of rotatable bonds is 4. The highest BCUT2D eigenvalue weighted by Crippen LogP contribution is 2.26. The Bertz CT molecular complexity index is 538. The van der Waals surface area contributed by atoms with Crippen LogP contribution in [0, 0.1) is 0 Å². The average molecular weight is 304 g/mol. The second-order valence-electron chi connectivity index (χ2n) is 5.35. The van der Waals surface area contributed by atoms with Crippen molar-refractivity contribution in [2.24, 2.45) is 0 Å². The zero-order valence-electron chi connectivity index (χ0n) is 12.1. The van der Waals surface area contributed by atoms with E-state index in [0.29, 0.717) is 12.6 Å². The van der Waals surface area contributed by atoms with E-state index < -0.39 is 0 Å². The van der Waals surface area contributed by atoms with E-state index in [1.54, 1.807) is 0 Å². The summed E-state index contributed by atoms with van der Waals surface area (Å²) in [6.07, 6.45) is 3.83. The Balaban J connectivity index is 0.00000161. The second kappa shape index (κ2) is 8.06. The van der Waals surface area contributed by atoms with E-state index in [1.807, 2.05) is 24.3 Å². The van der Waals surface area contributed by atoms with Gasteiger partial charge in [-0.3, -0.25) is 0 Å². The molecule has 0 aromatic heterocycles. The van der Waals surface area contributed by atoms with Crippen LogP contribution in [-0.4, -0.2) is 6.54 Å². The number of piperidine rings is 1. The fraction of sp³-hybridized carbons (Fsp3) is 0.333. The summed E-state index contributed by atoms with van der Waals surface area (Å²) >= 11 is 0. The maximum Gasteiger partial charge on any atom is 0.120 e. The molecule has 1 atom stereocenters. The lowest BCUT2D eigenvalue weighted by molar-refractivity contribution is 0.305. The zero-order valence-corrected chi connectivity index (χ0v) is 12.9. The predicted octanol–water partition coefficient (Wildman–Crippen LogP) is 4.50. The molecular formula is C18H22ClNO. The van der Waals surface area contributed by atoms with Crippen LogP contribution < -0.4 is 10.1 Å². The van der Waals surface area contributed by atoms with Crippen LogP contribution in [0.25, 0.3) is 0 Å². The van der Waals surface area contributed by atoms with Crippen LogP contribution in [0.15, 0.2) is 54.6 Å². The van der Waals surface area contributed by atoms with Gasteiger partial charge in [0.15, 0.2) is 0 Å². The van der Waals surface area contributed by atoms with Gasteiger partial charge >= 0.3 is 0 Å². The molecule has 1 aliphatic rings. The van der Waals surface area contributed by atoms with E-state index >= 15 is 0 Å². The Morgan fingerprint density at radius 3 is 2.62 bits per heavy atom. The molecule has 0 unspecified atom stereocenters. The van der Waals surface area contributed by atoms with Crippen LogP contribution in [-0.2, 0) is 6.61 Å². The minimum absolute atomic E-state index is 0. The molecular weight excluding hydrogens is 282 g/mol. The van der Waals surface area contributed by atoms with Gasteiger partial charge in [0, 0.05) is 6.04 Å². The van der Waals surface area contributed by atoms with Gasteiger partial charge in [-0.1, -0.05) is 48.9 Å². The topological polar surface area (TPSA) is 21.3 Å². The van der Waals surface area contributed by atoms with Crippen LogP contribution in [0.5, 0.6) is 5.75 Å². The quantitative estimate of drug-likeness (QED) is 0.898. The summed E-state index contributed by atoms with van der Waals surface area (Å²) in [5.74, 6) is 0.957. The zero-order chi connectivity index (χ0) is 13.6. The van der Waals surface area contributed by atoms with E-state index in [2.05, 4.69) is 35.6 Å². The van der Waals surface area contributed by atoms with Crippen molar-refractivity contribution in [1.82, 2.24) is 5.32 Å². The van der Waals surface area contributed by atoms with Gasteiger partial charge in [0.2, 0.25) is 0 Å². The van der Waals surface area contributed by atoms with Crippen molar-refractivity contribution in [3.8, 4) is 5.75 Å². The predicted molar refractivity (Wildman–Crippen MR) is 89.1 cm³/mol. The summed E-state index contributed by atoms with van der Waals surface area (Å²) in [4.78, 5) is 0. The third-order valence-electron chi connectivity index (χ3n) is 3.82. The van der Waals surface area contributed by atoms with Crippen molar-refractivity contribution >= 4 is 12.4 Å². The lowest BCUT2D eigenvalue weighted by Gasteiger charge is -2.24. The first-order valence-electron chi connectivity index (χ1n) is 7.42. The lowest BCUT2D eigenvalue weighted by atomic mass is 9.97. The van der Waals surface area contributed by atoms with Gasteiger partial charge in [0.1, 0.15) is 12.4 Å². The van der Waals surface area contributed by atoms with E-state index in [4.69, 9.17) is 4.74 Å². The van der Waals surface area contributed by atoms with E-state index in [9.17, 15) is 0 Å². The fourth-order valence-electron chi connectivity index (χ4n) is 2.70. The molecule has 1 aliphatic heterocycles. The number of nitrogens with one attached hydrogen (secondary N) is 1. The highest BCUT2D eigenvalue weighted by atomic mass is 35.5. The average Bonchev–Trinajstić information content (AvgIpc) is 2.55. The van der Waals surface area contributed by atoms with Gasteiger partial charge < -0.3 is 10.1 Å². The summed E-state index contributed by atoms with van der Waals surface area (Å²) in [5.41, 5.74) is 2.55. The molecule has 112 valence electrons. The Kier molecular flexibility index (Phi) is 6.09. The molecule has 0 radical (unpaired) electrons. The first kappa shape index (κ1) is 15.9. The Morgan fingerprint density at radius 2 is 1.86 bits per heavy atom. The number of benzene rings is 2. The third kappa shape index (κ3) is 4.48. The van der Waals surface area contributed by atoms with Gasteiger partial charge in [-0.25, -0.2) is 0 Å². The number of hydrogen-bond donors (Lipinski definition) is 1. The van der Waals surface area contributed by atoms with Gasteiger partial charge in [-0.05, 0) is 42.6 Å².